The Hall–Kier alpha value is -2.46. The number of nitrogens with two attached hydrogens (primary N) is 1. The molecule has 0 amide bonds. The van der Waals surface area contributed by atoms with Crippen molar-refractivity contribution in [2.45, 2.75) is 36.3 Å². The predicted octanol–water partition coefficient (Wildman–Crippen LogP) is 1.58. The molecule has 9 heteroatoms. The number of rotatable bonds is 7. The van der Waals surface area contributed by atoms with Crippen LogP contribution in [0.5, 0.6) is 0 Å². The van der Waals surface area contributed by atoms with Gasteiger partial charge in [-0.15, -0.1) is 0 Å². The fourth-order valence-electron chi connectivity index (χ4n) is 2.19. The van der Waals surface area contributed by atoms with Gasteiger partial charge in [0, 0.05) is 22.5 Å². The minimum Gasteiger partial charge on any atom is -0.473 e. The number of carboxylic acids is 2. The van der Waals surface area contributed by atoms with E-state index < -0.39 is 11.9 Å². The van der Waals surface area contributed by atoms with Gasteiger partial charge in [-0.05, 0) is 25.0 Å². The van der Waals surface area contributed by atoms with E-state index in [1.165, 1.54) is 0 Å². The van der Waals surface area contributed by atoms with Crippen LogP contribution in [0.4, 0.5) is 0 Å². The molecule has 6 N–H and O–H groups in total. The van der Waals surface area contributed by atoms with Crippen LogP contribution in [0, 0.1) is 6.92 Å². The maximum Gasteiger partial charge on any atom is 0.414 e. The molecule has 0 saturated heterocycles. The molecule has 0 aliphatic rings. The number of benzene rings is 1. The highest BCUT2D eigenvalue weighted by molar-refractivity contribution is 7.99. The van der Waals surface area contributed by atoms with Crippen LogP contribution in [0.15, 0.2) is 47.5 Å². The molecule has 0 aliphatic carbocycles. The number of nitrogens with zero attached hydrogens (tertiary/aromatic N) is 1. The second kappa shape index (κ2) is 12.1. The number of carbonyl (C=O) groups is 2. The monoisotopic (exact) mass is 408 g/mol. The van der Waals surface area contributed by atoms with Gasteiger partial charge in [-0.1, -0.05) is 48.2 Å². The number of aromatic nitrogens is 1. The maximum absolute atomic E-state index is 9.50. The van der Waals surface area contributed by atoms with Crippen molar-refractivity contribution < 1.29 is 30.0 Å². The molecule has 2 atom stereocenters. The van der Waals surface area contributed by atoms with Gasteiger partial charge in [0.15, 0.2) is 0 Å². The maximum atomic E-state index is 9.50. The first-order chi connectivity index (χ1) is 13.3. The number of aliphatic carboxylic acids is 2. The van der Waals surface area contributed by atoms with Crippen molar-refractivity contribution in [3.63, 3.8) is 0 Å². The van der Waals surface area contributed by atoms with Crippen LogP contribution >= 0.6 is 11.8 Å². The summed E-state index contributed by atoms with van der Waals surface area (Å²) in [5.41, 5.74) is 8.80. The van der Waals surface area contributed by atoms with Crippen LogP contribution in [0.25, 0.3) is 0 Å². The molecule has 0 bridgehead atoms. The molecule has 28 heavy (non-hydrogen) atoms. The third-order valence-corrected chi connectivity index (χ3v) is 4.93. The number of hydrogen-bond donors (Lipinski definition) is 5. The zero-order valence-corrected chi connectivity index (χ0v) is 16.2. The lowest BCUT2D eigenvalue weighted by Crippen LogP contribution is -2.26. The summed E-state index contributed by atoms with van der Waals surface area (Å²) < 4.78 is 0. The summed E-state index contributed by atoms with van der Waals surface area (Å²) in [6, 6.07) is 13.6. The van der Waals surface area contributed by atoms with E-state index in [2.05, 4.69) is 17.1 Å². The number of thioether (sulfide) groups is 1. The highest BCUT2D eigenvalue weighted by Crippen LogP contribution is 2.39. The Kier molecular flexibility index (Phi) is 10.2. The molecule has 0 fully saturated rings. The molecule has 1 aromatic heterocycles. The highest BCUT2D eigenvalue weighted by atomic mass is 32.2. The van der Waals surface area contributed by atoms with Crippen molar-refractivity contribution in [3.8, 4) is 0 Å². The number of pyridine rings is 1. The van der Waals surface area contributed by atoms with Gasteiger partial charge >= 0.3 is 11.9 Å². The van der Waals surface area contributed by atoms with Crippen LogP contribution in [0.1, 0.15) is 28.5 Å². The fraction of sp³-hybridized carbons (Fsp3) is 0.316. The SMILES string of the molecule is Cc1ccc(CO)c(S[C@H](C[C@H](N)CO)c2ccccc2)n1.O=C(O)C(=O)O. The third kappa shape index (κ3) is 8.05. The summed E-state index contributed by atoms with van der Waals surface area (Å²) in [4.78, 5) is 22.7. The van der Waals surface area contributed by atoms with E-state index in [1.807, 2.05) is 37.3 Å². The zero-order valence-electron chi connectivity index (χ0n) is 15.4. The van der Waals surface area contributed by atoms with Crippen molar-refractivity contribution in [1.82, 2.24) is 4.98 Å². The van der Waals surface area contributed by atoms with Crippen LogP contribution in [0.2, 0.25) is 0 Å². The number of aliphatic hydroxyl groups excluding tert-OH is 2. The molecule has 0 radical (unpaired) electrons. The largest absolute Gasteiger partial charge is 0.473 e. The fourth-order valence-corrected chi connectivity index (χ4v) is 3.58. The molecule has 0 aliphatic heterocycles. The van der Waals surface area contributed by atoms with Gasteiger partial charge in [0.05, 0.1) is 13.2 Å². The van der Waals surface area contributed by atoms with Crippen LogP contribution in [-0.4, -0.2) is 50.0 Å². The molecule has 2 rings (SSSR count). The minimum absolute atomic E-state index is 0.0385. The van der Waals surface area contributed by atoms with Crippen molar-refractivity contribution in [1.29, 1.82) is 0 Å². The second-order valence-corrected chi connectivity index (χ2v) is 7.07. The predicted molar refractivity (Wildman–Crippen MR) is 105 cm³/mol. The Morgan fingerprint density at radius 3 is 2.18 bits per heavy atom. The second-order valence-electron chi connectivity index (χ2n) is 5.88. The van der Waals surface area contributed by atoms with Crippen LogP contribution < -0.4 is 5.73 Å². The first-order valence-corrected chi connectivity index (χ1v) is 9.28. The summed E-state index contributed by atoms with van der Waals surface area (Å²) in [6.07, 6.45) is 0.645. The summed E-state index contributed by atoms with van der Waals surface area (Å²) >= 11 is 1.59. The van der Waals surface area contributed by atoms with Crippen molar-refractivity contribution in [3.05, 3.63) is 59.3 Å². The van der Waals surface area contributed by atoms with E-state index in [9.17, 15) is 10.2 Å². The lowest BCUT2D eigenvalue weighted by atomic mass is 10.1. The molecular weight excluding hydrogens is 384 g/mol. The van der Waals surface area contributed by atoms with Gasteiger partial charge < -0.3 is 26.2 Å². The summed E-state index contributed by atoms with van der Waals surface area (Å²) in [5.74, 6) is -3.65. The van der Waals surface area contributed by atoms with Gasteiger partial charge in [-0.25, -0.2) is 14.6 Å². The standard InChI is InChI=1S/C17H22N2O2S.C2H2O4/c1-12-7-8-14(10-20)17(19-12)22-16(9-15(18)11-21)13-5-3-2-4-6-13;3-1(4)2(5)6/h2-8,15-16,20-21H,9-11,18H2,1H3;(H,3,4)(H,5,6)/t15-,16+;/m0./s1. The molecule has 0 unspecified atom stereocenters. The molecule has 0 spiro atoms. The first-order valence-electron chi connectivity index (χ1n) is 8.40. The average molecular weight is 408 g/mol. The van der Waals surface area contributed by atoms with Crippen molar-refractivity contribution in [2.75, 3.05) is 6.61 Å². The smallest absolute Gasteiger partial charge is 0.414 e. The van der Waals surface area contributed by atoms with E-state index in [4.69, 9.17) is 25.5 Å². The molecule has 1 heterocycles. The first kappa shape index (κ1) is 23.6. The highest BCUT2D eigenvalue weighted by Gasteiger charge is 2.19. The average Bonchev–Trinajstić information content (AvgIpc) is 2.68. The van der Waals surface area contributed by atoms with E-state index in [0.717, 1.165) is 21.8 Å². The Morgan fingerprint density at radius 1 is 1.07 bits per heavy atom. The van der Waals surface area contributed by atoms with Crippen LogP contribution in [-0.2, 0) is 16.2 Å². The van der Waals surface area contributed by atoms with Gasteiger partial charge in [0.2, 0.25) is 0 Å². The zero-order chi connectivity index (χ0) is 21.1. The summed E-state index contributed by atoms with van der Waals surface area (Å²) in [5, 5.41) is 34.4. The quantitative estimate of drug-likeness (QED) is 0.339. The van der Waals surface area contributed by atoms with E-state index in [0.29, 0.717) is 6.42 Å². The van der Waals surface area contributed by atoms with Gasteiger partial charge in [-0.3, -0.25) is 0 Å². The topological polar surface area (TPSA) is 154 Å². The van der Waals surface area contributed by atoms with Gasteiger partial charge in [0.1, 0.15) is 5.03 Å². The Bertz CT molecular complexity index is 760. The van der Waals surface area contributed by atoms with E-state index >= 15 is 0 Å². The normalized spacial score (nSPS) is 12.4. The Labute approximate surface area is 167 Å². The molecular formula is C19H24N2O6S. The van der Waals surface area contributed by atoms with Gasteiger partial charge in [0.25, 0.3) is 0 Å². The van der Waals surface area contributed by atoms with Gasteiger partial charge in [-0.2, -0.15) is 0 Å². The summed E-state index contributed by atoms with van der Waals surface area (Å²) in [7, 11) is 0. The van der Waals surface area contributed by atoms with Crippen molar-refractivity contribution >= 4 is 23.7 Å². The minimum atomic E-state index is -1.82. The molecule has 8 nitrogen and oxygen atoms in total. The van der Waals surface area contributed by atoms with Crippen LogP contribution in [0.3, 0.4) is 0 Å². The number of aryl methyl sites for hydroxylation is 1. The lowest BCUT2D eigenvalue weighted by Gasteiger charge is -2.21. The Balaban J connectivity index is 0.000000568. The lowest BCUT2D eigenvalue weighted by molar-refractivity contribution is -0.159. The van der Waals surface area contributed by atoms with E-state index in [1.54, 1.807) is 11.8 Å². The number of aliphatic hydroxyl groups is 2. The van der Waals surface area contributed by atoms with E-state index in [-0.39, 0.29) is 24.5 Å². The third-order valence-electron chi connectivity index (χ3n) is 3.61. The number of hydrogen-bond acceptors (Lipinski definition) is 7. The summed E-state index contributed by atoms with van der Waals surface area (Å²) in [6.45, 7) is 1.85. The molecule has 0 saturated carbocycles. The Morgan fingerprint density at radius 2 is 1.68 bits per heavy atom. The molecule has 1 aromatic carbocycles. The molecule has 2 aromatic rings. The molecule has 152 valence electrons. The van der Waals surface area contributed by atoms with Crippen molar-refractivity contribution in [2.24, 2.45) is 5.73 Å². The number of carboxylic acid groups (broad SMARTS) is 2.